The fourth-order valence-electron chi connectivity index (χ4n) is 1.95. The van der Waals surface area contributed by atoms with E-state index >= 15 is 0 Å². The average molecular weight is 270 g/mol. The van der Waals surface area contributed by atoms with Crippen LogP contribution in [0.15, 0.2) is 54.6 Å². The molecule has 0 atom stereocenters. The molecule has 102 valence electrons. The van der Waals surface area contributed by atoms with Crippen molar-refractivity contribution in [3.8, 4) is 0 Å². The molecule has 1 amide bonds. The van der Waals surface area contributed by atoms with Gasteiger partial charge in [-0.2, -0.15) is 0 Å². The molecule has 0 N–H and O–H groups in total. The Morgan fingerprint density at radius 2 is 1.85 bits per heavy atom. The van der Waals surface area contributed by atoms with Crippen molar-refractivity contribution < 1.29 is 9.72 Å². The largest absolute Gasteiger partial charge is 0.308 e. The highest BCUT2D eigenvalue weighted by Crippen LogP contribution is 2.22. The van der Waals surface area contributed by atoms with E-state index in [-0.39, 0.29) is 11.6 Å². The van der Waals surface area contributed by atoms with Crippen molar-refractivity contribution in [2.24, 2.45) is 0 Å². The van der Waals surface area contributed by atoms with Crippen molar-refractivity contribution >= 4 is 17.3 Å². The van der Waals surface area contributed by atoms with Gasteiger partial charge in [-0.25, -0.2) is 0 Å². The van der Waals surface area contributed by atoms with Crippen molar-refractivity contribution in [2.75, 3.05) is 11.4 Å². The number of amides is 1. The zero-order valence-corrected chi connectivity index (χ0v) is 11.0. The van der Waals surface area contributed by atoms with E-state index in [1.807, 2.05) is 13.0 Å². The van der Waals surface area contributed by atoms with Crippen LogP contribution in [-0.2, 0) is 0 Å². The summed E-state index contributed by atoms with van der Waals surface area (Å²) in [6.07, 6.45) is 0. The quantitative estimate of drug-likeness (QED) is 0.632. The first-order chi connectivity index (χ1) is 9.63. The standard InChI is InChI=1S/C15H14N2O3/c1-2-16(15(18)12-7-4-3-5-8-12)13-9-6-10-14(11-13)17(19)20/h3-11H,2H2,1H3. The molecule has 0 spiro atoms. The van der Waals surface area contributed by atoms with Gasteiger partial charge in [-0.1, -0.05) is 24.3 Å². The predicted molar refractivity (Wildman–Crippen MR) is 76.9 cm³/mol. The first-order valence-corrected chi connectivity index (χ1v) is 6.25. The topological polar surface area (TPSA) is 63.5 Å². The summed E-state index contributed by atoms with van der Waals surface area (Å²) in [7, 11) is 0. The molecule has 0 aliphatic heterocycles. The molecule has 0 fully saturated rings. The number of hydrogen-bond acceptors (Lipinski definition) is 3. The minimum atomic E-state index is -0.468. The van der Waals surface area contributed by atoms with E-state index in [9.17, 15) is 14.9 Å². The third kappa shape index (κ3) is 2.83. The van der Waals surface area contributed by atoms with Crippen LogP contribution in [0.5, 0.6) is 0 Å². The first kappa shape index (κ1) is 13.7. The molecule has 2 rings (SSSR count). The fourth-order valence-corrected chi connectivity index (χ4v) is 1.95. The van der Waals surface area contributed by atoms with Crippen LogP contribution in [0.2, 0.25) is 0 Å². The number of nitro groups is 1. The number of carbonyl (C=O) groups is 1. The summed E-state index contributed by atoms with van der Waals surface area (Å²) in [6, 6.07) is 14.9. The SMILES string of the molecule is CCN(C(=O)c1ccccc1)c1cccc([N+](=O)[O-])c1. The normalized spacial score (nSPS) is 10.1. The van der Waals surface area contributed by atoms with E-state index in [0.29, 0.717) is 17.8 Å². The molecule has 0 saturated heterocycles. The zero-order chi connectivity index (χ0) is 14.5. The molecule has 5 nitrogen and oxygen atoms in total. The predicted octanol–water partition coefficient (Wildman–Crippen LogP) is 3.26. The van der Waals surface area contributed by atoms with E-state index in [1.165, 1.54) is 17.0 Å². The number of benzene rings is 2. The Balaban J connectivity index is 2.35. The van der Waals surface area contributed by atoms with Crippen LogP contribution in [-0.4, -0.2) is 17.4 Å². The molecular weight excluding hydrogens is 256 g/mol. The lowest BCUT2D eigenvalue weighted by Crippen LogP contribution is -2.30. The van der Waals surface area contributed by atoms with Gasteiger partial charge in [0.05, 0.1) is 10.6 Å². The molecule has 0 unspecified atom stereocenters. The van der Waals surface area contributed by atoms with Crippen LogP contribution >= 0.6 is 0 Å². The minimum absolute atomic E-state index is 0.0261. The van der Waals surface area contributed by atoms with Gasteiger partial charge in [0.15, 0.2) is 0 Å². The smallest absolute Gasteiger partial charge is 0.271 e. The lowest BCUT2D eigenvalue weighted by atomic mass is 10.1. The number of anilines is 1. The second-order valence-corrected chi connectivity index (χ2v) is 4.19. The summed E-state index contributed by atoms with van der Waals surface area (Å²) in [6.45, 7) is 2.27. The number of rotatable bonds is 4. The Hall–Kier alpha value is -2.69. The van der Waals surface area contributed by atoms with E-state index in [0.717, 1.165) is 0 Å². The Kier molecular flexibility index (Phi) is 4.10. The fraction of sp³-hybridized carbons (Fsp3) is 0.133. The maximum atomic E-state index is 12.4. The summed E-state index contributed by atoms with van der Waals surface area (Å²) in [5, 5.41) is 10.8. The zero-order valence-electron chi connectivity index (χ0n) is 11.0. The van der Waals surface area contributed by atoms with Crippen LogP contribution in [0.3, 0.4) is 0 Å². The summed E-state index contributed by atoms with van der Waals surface area (Å²) < 4.78 is 0. The van der Waals surface area contributed by atoms with Gasteiger partial charge in [-0.3, -0.25) is 14.9 Å². The third-order valence-electron chi connectivity index (χ3n) is 2.93. The van der Waals surface area contributed by atoms with Gasteiger partial charge in [-0.05, 0) is 25.1 Å². The van der Waals surface area contributed by atoms with E-state index in [4.69, 9.17) is 0 Å². The molecule has 0 aliphatic carbocycles. The molecule has 5 heteroatoms. The van der Waals surface area contributed by atoms with Gasteiger partial charge in [0.1, 0.15) is 0 Å². The maximum Gasteiger partial charge on any atom is 0.271 e. The Morgan fingerprint density at radius 3 is 2.45 bits per heavy atom. The van der Waals surface area contributed by atoms with Gasteiger partial charge in [0.25, 0.3) is 11.6 Å². The van der Waals surface area contributed by atoms with Gasteiger partial charge < -0.3 is 4.90 Å². The van der Waals surface area contributed by atoms with Gasteiger partial charge in [0.2, 0.25) is 0 Å². The van der Waals surface area contributed by atoms with Gasteiger partial charge >= 0.3 is 0 Å². The second kappa shape index (κ2) is 5.97. The highest BCUT2D eigenvalue weighted by molar-refractivity contribution is 6.06. The van der Waals surface area contributed by atoms with Crippen molar-refractivity contribution in [3.05, 3.63) is 70.3 Å². The Bertz CT molecular complexity index is 626. The van der Waals surface area contributed by atoms with Crippen LogP contribution < -0.4 is 4.90 Å². The number of hydrogen-bond donors (Lipinski definition) is 0. The molecule has 20 heavy (non-hydrogen) atoms. The maximum absolute atomic E-state index is 12.4. The van der Waals surface area contributed by atoms with E-state index in [2.05, 4.69) is 0 Å². The number of non-ortho nitro benzene ring substituents is 1. The van der Waals surface area contributed by atoms with Crippen LogP contribution in [0.1, 0.15) is 17.3 Å². The molecule has 0 radical (unpaired) electrons. The molecular formula is C15H14N2O3. The molecule has 0 saturated carbocycles. The monoisotopic (exact) mass is 270 g/mol. The highest BCUT2D eigenvalue weighted by atomic mass is 16.6. The van der Waals surface area contributed by atoms with Crippen LogP contribution in [0.25, 0.3) is 0 Å². The average Bonchev–Trinajstić information content (AvgIpc) is 2.49. The van der Waals surface area contributed by atoms with Crippen LogP contribution in [0, 0.1) is 10.1 Å². The molecule has 2 aromatic rings. The van der Waals surface area contributed by atoms with Crippen molar-refractivity contribution in [3.63, 3.8) is 0 Å². The van der Waals surface area contributed by atoms with Crippen molar-refractivity contribution in [2.45, 2.75) is 6.92 Å². The molecule has 0 heterocycles. The number of carbonyl (C=O) groups excluding carboxylic acids is 1. The van der Waals surface area contributed by atoms with Crippen molar-refractivity contribution in [1.82, 2.24) is 0 Å². The third-order valence-corrected chi connectivity index (χ3v) is 2.93. The summed E-state index contributed by atoms with van der Waals surface area (Å²) in [5.41, 5.74) is 1.05. The van der Waals surface area contributed by atoms with Gasteiger partial charge in [0, 0.05) is 24.2 Å². The van der Waals surface area contributed by atoms with E-state index in [1.54, 1.807) is 36.4 Å². The summed E-state index contributed by atoms with van der Waals surface area (Å²) in [5.74, 6) is -0.173. The number of nitrogens with zero attached hydrogens (tertiary/aromatic N) is 2. The first-order valence-electron chi connectivity index (χ1n) is 6.25. The summed E-state index contributed by atoms with van der Waals surface area (Å²) in [4.78, 5) is 24.3. The van der Waals surface area contributed by atoms with Crippen LogP contribution in [0.4, 0.5) is 11.4 Å². The van der Waals surface area contributed by atoms with E-state index < -0.39 is 4.92 Å². The lowest BCUT2D eigenvalue weighted by Gasteiger charge is -2.20. The Labute approximate surface area is 116 Å². The van der Waals surface area contributed by atoms with Crippen molar-refractivity contribution in [1.29, 1.82) is 0 Å². The number of nitro benzene ring substituents is 1. The highest BCUT2D eigenvalue weighted by Gasteiger charge is 2.17. The molecule has 0 aromatic heterocycles. The van der Waals surface area contributed by atoms with Gasteiger partial charge in [-0.15, -0.1) is 0 Å². The summed E-state index contributed by atoms with van der Waals surface area (Å²) >= 11 is 0. The molecule has 0 aliphatic rings. The minimum Gasteiger partial charge on any atom is -0.308 e. The Morgan fingerprint density at radius 1 is 1.15 bits per heavy atom. The molecule has 0 bridgehead atoms. The lowest BCUT2D eigenvalue weighted by molar-refractivity contribution is -0.384. The second-order valence-electron chi connectivity index (χ2n) is 4.19. The molecule has 2 aromatic carbocycles.